The Morgan fingerprint density at radius 2 is 1.76 bits per heavy atom. The van der Waals surface area contributed by atoms with Crippen molar-refractivity contribution in [1.82, 2.24) is 10.2 Å². The van der Waals surface area contributed by atoms with E-state index in [2.05, 4.69) is 19.2 Å². The minimum absolute atomic E-state index is 0.167. The Kier molecular flexibility index (Phi) is 9.62. The lowest BCUT2D eigenvalue weighted by atomic mass is 10.0. The van der Waals surface area contributed by atoms with E-state index in [1.54, 1.807) is 18.2 Å². The van der Waals surface area contributed by atoms with Gasteiger partial charge >= 0.3 is 0 Å². The maximum Gasteiger partial charge on any atom is 0.261 e. The lowest BCUT2D eigenvalue weighted by Crippen LogP contribution is -2.54. The van der Waals surface area contributed by atoms with Crippen LogP contribution in [0.5, 0.6) is 5.75 Å². The van der Waals surface area contributed by atoms with Gasteiger partial charge in [-0.25, -0.2) is 0 Å². The molecule has 2 aromatic carbocycles. The lowest BCUT2D eigenvalue weighted by Gasteiger charge is -2.33. The van der Waals surface area contributed by atoms with Gasteiger partial charge < -0.3 is 15.0 Å². The van der Waals surface area contributed by atoms with Crippen molar-refractivity contribution in [3.8, 4) is 5.75 Å². The minimum atomic E-state index is -0.674. The van der Waals surface area contributed by atoms with E-state index in [-0.39, 0.29) is 30.9 Å². The fourth-order valence-electron chi connectivity index (χ4n) is 3.52. The predicted molar refractivity (Wildman–Crippen MR) is 135 cm³/mol. The van der Waals surface area contributed by atoms with Crippen LogP contribution in [0.2, 0.25) is 10.0 Å². The summed E-state index contributed by atoms with van der Waals surface area (Å²) in [4.78, 5) is 28.0. The van der Waals surface area contributed by atoms with Crippen molar-refractivity contribution >= 4 is 35.0 Å². The standard InChI is InChI=1S/C26H34Cl2N2O3/c1-7-22(25(32)29-26(4,5)6)30(15-18-12-13-19(27)14-21(18)28)24(31)16-33-23-11-9-8-10-20(23)17(2)3/h8-14,17,22H,7,15-16H2,1-6H3,(H,29,32)/t22-/m1/s1. The Morgan fingerprint density at radius 3 is 2.33 bits per heavy atom. The van der Waals surface area contributed by atoms with Gasteiger partial charge in [-0.1, -0.05) is 68.2 Å². The third-order valence-corrected chi connectivity index (χ3v) is 5.72. The molecule has 0 bridgehead atoms. The Hall–Kier alpha value is -2.24. The highest BCUT2D eigenvalue weighted by Crippen LogP contribution is 2.27. The van der Waals surface area contributed by atoms with Gasteiger partial charge in [0, 0.05) is 22.1 Å². The van der Waals surface area contributed by atoms with Gasteiger partial charge in [-0.3, -0.25) is 9.59 Å². The maximum atomic E-state index is 13.4. The molecule has 180 valence electrons. The Balaban J connectivity index is 2.32. The summed E-state index contributed by atoms with van der Waals surface area (Å²) in [5.74, 6) is 0.403. The Morgan fingerprint density at radius 1 is 1.09 bits per heavy atom. The molecule has 0 radical (unpaired) electrons. The van der Waals surface area contributed by atoms with E-state index < -0.39 is 11.6 Å². The molecule has 0 spiro atoms. The summed E-state index contributed by atoms with van der Waals surface area (Å²) >= 11 is 12.4. The minimum Gasteiger partial charge on any atom is -0.483 e. The molecule has 2 rings (SSSR count). The molecule has 0 aliphatic rings. The summed E-state index contributed by atoms with van der Waals surface area (Å²) in [6.45, 7) is 11.7. The Bertz CT molecular complexity index is 970. The van der Waals surface area contributed by atoms with Crippen LogP contribution < -0.4 is 10.1 Å². The van der Waals surface area contributed by atoms with Gasteiger partial charge in [0.1, 0.15) is 11.8 Å². The third kappa shape index (κ3) is 7.94. The molecule has 2 aromatic rings. The normalized spacial score (nSPS) is 12.4. The average molecular weight is 493 g/mol. The number of halogens is 2. The van der Waals surface area contributed by atoms with Crippen molar-refractivity contribution < 1.29 is 14.3 Å². The third-order valence-electron chi connectivity index (χ3n) is 5.13. The van der Waals surface area contributed by atoms with Crippen molar-refractivity contribution in [2.75, 3.05) is 6.61 Å². The number of benzene rings is 2. The second kappa shape index (κ2) is 11.8. The molecule has 1 atom stereocenters. The number of nitrogens with zero attached hydrogens (tertiary/aromatic N) is 1. The first kappa shape index (κ1) is 27.0. The van der Waals surface area contributed by atoms with Gasteiger partial charge in [-0.05, 0) is 62.4 Å². The highest BCUT2D eigenvalue weighted by atomic mass is 35.5. The Labute approximate surface area is 207 Å². The molecule has 0 aliphatic heterocycles. The molecule has 0 aromatic heterocycles. The van der Waals surface area contributed by atoms with E-state index in [1.807, 2.05) is 52.0 Å². The van der Waals surface area contributed by atoms with E-state index in [1.165, 1.54) is 4.90 Å². The molecule has 0 fully saturated rings. The second-order valence-corrected chi connectivity index (χ2v) is 10.2. The number of hydrogen-bond acceptors (Lipinski definition) is 3. The first-order valence-corrected chi connectivity index (χ1v) is 12.0. The van der Waals surface area contributed by atoms with Crippen LogP contribution in [-0.4, -0.2) is 34.9 Å². The zero-order valence-electron chi connectivity index (χ0n) is 20.2. The van der Waals surface area contributed by atoms with E-state index >= 15 is 0 Å². The molecule has 0 aliphatic carbocycles. The van der Waals surface area contributed by atoms with Crippen LogP contribution in [0.3, 0.4) is 0 Å². The number of rotatable bonds is 9. The summed E-state index contributed by atoms with van der Waals surface area (Å²) in [5, 5.41) is 3.93. The number of nitrogens with one attached hydrogen (secondary N) is 1. The monoisotopic (exact) mass is 492 g/mol. The molecular formula is C26H34Cl2N2O3. The number of para-hydroxylation sites is 1. The molecular weight excluding hydrogens is 459 g/mol. The SMILES string of the molecule is CC[C@H](C(=O)NC(C)(C)C)N(Cc1ccc(Cl)cc1Cl)C(=O)COc1ccccc1C(C)C. The van der Waals surface area contributed by atoms with E-state index in [0.29, 0.717) is 27.8 Å². The molecule has 1 N–H and O–H groups in total. The van der Waals surface area contributed by atoms with Crippen LogP contribution in [0.15, 0.2) is 42.5 Å². The van der Waals surface area contributed by atoms with Crippen LogP contribution in [0.1, 0.15) is 65.0 Å². The highest BCUT2D eigenvalue weighted by Gasteiger charge is 2.31. The van der Waals surface area contributed by atoms with Crippen LogP contribution in [0.25, 0.3) is 0 Å². The van der Waals surface area contributed by atoms with E-state index in [0.717, 1.165) is 5.56 Å². The maximum absolute atomic E-state index is 13.4. The summed E-state index contributed by atoms with van der Waals surface area (Å²) in [7, 11) is 0. The number of carbonyl (C=O) groups is 2. The number of amides is 2. The lowest BCUT2D eigenvalue weighted by molar-refractivity contribution is -0.143. The first-order valence-electron chi connectivity index (χ1n) is 11.2. The molecule has 2 amide bonds. The summed E-state index contributed by atoms with van der Waals surface area (Å²) in [6.07, 6.45) is 0.446. The molecule has 33 heavy (non-hydrogen) atoms. The van der Waals surface area contributed by atoms with Crippen LogP contribution in [-0.2, 0) is 16.1 Å². The molecule has 7 heteroatoms. The molecule has 0 unspecified atom stereocenters. The average Bonchev–Trinajstić information content (AvgIpc) is 2.72. The quantitative estimate of drug-likeness (QED) is 0.451. The predicted octanol–water partition coefficient (Wildman–Crippen LogP) is 6.22. The largest absolute Gasteiger partial charge is 0.483 e. The summed E-state index contributed by atoms with van der Waals surface area (Å²) in [6, 6.07) is 12.1. The van der Waals surface area contributed by atoms with Crippen LogP contribution in [0, 0.1) is 0 Å². The van der Waals surface area contributed by atoms with E-state index in [9.17, 15) is 9.59 Å². The van der Waals surface area contributed by atoms with Crippen LogP contribution in [0.4, 0.5) is 0 Å². The summed E-state index contributed by atoms with van der Waals surface area (Å²) in [5.41, 5.74) is 1.30. The number of hydrogen-bond donors (Lipinski definition) is 1. The topological polar surface area (TPSA) is 58.6 Å². The van der Waals surface area contributed by atoms with Gasteiger partial charge in [-0.15, -0.1) is 0 Å². The number of ether oxygens (including phenoxy) is 1. The fourth-order valence-corrected chi connectivity index (χ4v) is 3.99. The van der Waals surface area contributed by atoms with Crippen molar-refractivity contribution in [1.29, 1.82) is 0 Å². The first-order chi connectivity index (χ1) is 15.4. The molecule has 0 saturated heterocycles. The van der Waals surface area contributed by atoms with Crippen molar-refractivity contribution in [3.05, 3.63) is 63.6 Å². The highest BCUT2D eigenvalue weighted by molar-refractivity contribution is 6.35. The van der Waals surface area contributed by atoms with Crippen LogP contribution >= 0.6 is 23.2 Å². The van der Waals surface area contributed by atoms with Gasteiger partial charge in [0.15, 0.2) is 6.61 Å². The van der Waals surface area contributed by atoms with Crippen molar-refractivity contribution in [2.24, 2.45) is 0 Å². The van der Waals surface area contributed by atoms with Gasteiger partial charge in [0.25, 0.3) is 5.91 Å². The fraction of sp³-hybridized carbons (Fsp3) is 0.462. The second-order valence-electron chi connectivity index (χ2n) is 9.40. The summed E-state index contributed by atoms with van der Waals surface area (Å²) < 4.78 is 5.93. The van der Waals surface area contributed by atoms with Gasteiger partial charge in [0.2, 0.25) is 5.91 Å². The van der Waals surface area contributed by atoms with Crippen molar-refractivity contribution in [3.63, 3.8) is 0 Å². The number of carbonyl (C=O) groups excluding carboxylic acids is 2. The zero-order chi connectivity index (χ0) is 24.8. The zero-order valence-corrected chi connectivity index (χ0v) is 21.8. The van der Waals surface area contributed by atoms with Crippen molar-refractivity contribution in [2.45, 2.75) is 72.0 Å². The molecule has 0 saturated carbocycles. The molecule has 5 nitrogen and oxygen atoms in total. The van der Waals surface area contributed by atoms with E-state index in [4.69, 9.17) is 27.9 Å². The van der Waals surface area contributed by atoms with Gasteiger partial charge in [-0.2, -0.15) is 0 Å². The van der Waals surface area contributed by atoms with Gasteiger partial charge in [0.05, 0.1) is 0 Å². The smallest absolute Gasteiger partial charge is 0.261 e. The molecule has 0 heterocycles.